The van der Waals surface area contributed by atoms with Gasteiger partial charge in [0.25, 0.3) is 11.8 Å². The molecule has 10 heteroatoms. The Hall–Kier alpha value is -2.14. The third-order valence-corrected chi connectivity index (χ3v) is 15.5. The van der Waals surface area contributed by atoms with Gasteiger partial charge in [-0.1, -0.05) is 51.1 Å². The lowest BCUT2D eigenvalue weighted by Gasteiger charge is -2.48. The minimum Gasteiger partial charge on any atom is -0.543 e. The second kappa shape index (κ2) is 9.87. The van der Waals surface area contributed by atoms with Gasteiger partial charge >= 0.3 is 0 Å². The van der Waals surface area contributed by atoms with Crippen LogP contribution in [0.25, 0.3) is 0 Å². The van der Waals surface area contributed by atoms with Crippen LogP contribution >= 0.6 is 23.5 Å². The average molecular weight is 561 g/mol. The number of likely N-dealkylation sites (N-methyl/N-ethyl adjacent to an activating group) is 2. The van der Waals surface area contributed by atoms with Crippen molar-refractivity contribution in [2.24, 2.45) is 0 Å². The minimum absolute atomic E-state index is 0.0582. The highest BCUT2D eigenvalue weighted by molar-refractivity contribution is 8.18. The van der Waals surface area contributed by atoms with E-state index in [1.165, 1.54) is 33.3 Å². The summed E-state index contributed by atoms with van der Waals surface area (Å²) in [6, 6.07) is 14.9. The lowest BCUT2D eigenvalue weighted by molar-refractivity contribution is -0.162. The largest absolute Gasteiger partial charge is 0.543 e. The number of rotatable bonds is 6. The van der Waals surface area contributed by atoms with Crippen molar-refractivity contribution in [2.75, 3.05) is 21.2 Å². The molecule has 37 heavy (non-hydrogen) atoms. The van der Waals surface area contributed by atoms with Crippen LogP contribution in [0.4, 0.5) is 0 Å². The van der Waals surface area contributed by atoms with Crippen molar-refractivity contribution in [3.05, 3.63) is 59.7 Å². The van der Waals surface area contributed by atoms with Gasteiger partial charge in [-0.2, -0.15) is 0 Å². The molecule has 200 valence electrons. The van der Waals surface area contributed by atoms with E-state index in [-0.39, 0.29) is 21.4 Å². The Morgan fingerprint density at radius 1 is 1.05 bits per heavy atom. The third kappa shape index (κ3) is 4.66. The van der Waals surface area contributed by atoms with Crippen molar-refractivity contribution in [1.82, 2.24) is 9.80 Å². The van der Waals surface area contributed by atoms with Crippen LogP contribution in [0.3, 0.4) is 0 Å². The minimum atomic E-state index is -2.25. The van der Waals surface area contributed by atoms with Gasteiger partial charge < -0.3 is 24.1 Å². The molecule has 0 aliphatic carbocycles. The van der Waals surface area contributed by atoms with Gasteiger partial charge in [-0.05, 0) is 41.9 Å². The molecule has 3 fully saturated rings. The van der Waals surface area contributed by atoms with E-state index < -0.39 is 24.7 Å². The summed E-state index contributed by atoms with van der Waals surface area (Å²) in [6.07, 6.45) is -1.32. The van der Waals surface area contributed by atoms with Crippen LogP contribution in [0.2, 0.25) is 18.1 Å². The number of hydrogen-bond acceptors (Lipinski definition) is 7. The van der Waals surface area contributed by atoms with E-state index in [2.05, 4.69) is 33.9 Å². The fourth-order valence-electron chi connectivity index (χ4n) is 4.30. The van der Waals surface area contributed by atoms with E-state index in [9.17, 15) is 14.7 Å². The number of fused-ring (bicyclic) bond motifs is 4. The fraction of sp³-hybridized carbons (Fsp3) is 0.481. The topological polar surface area (TPSA) is 79.3 Å². The molecule has 5 rings (SSSR count). The summed E-state index contributed by atoms with van der Waals surface area (Å²) in [4.78, 5) is 28.9. The van der Waals surface area contributed by atoms with Gasteiger partial charge in [0.1, 0.15) is 17.6 Å². The number of aliphatic hydroxyl groups is 1. The molecule has 2 aromatic rings. The maximum absolute atomic E-state index is 14.0. The highest BCUT2D eigenvalue weighted by Crippen LogP contribution is 2.60. The summed E-state index contributed by atoms with van der Waals surface area (Å²) in [6.45, 7) is 10.7. The molecular formula is C27H36N2O5S2Si. The number of carbonyl (C=O) groups is 2. The van der Waals surface area contributed by atoms with Crippen molar-refractivity contribution in [1.29, 1.82) is 0 Å². The zero-order valence-electron chi connectivity index (χ0n) is 22.6. The van der Waals surface area contributed by atoms with Gasteiger partial charge in [0.05, 0.1) is 11.7 Å². The molecule has 7 nitrogen and oxygen atoms in total. The SMILES string of the molecule is COc1ccc(C2S[C@H]3C(=O)N(C)[C@@](C(O)c4ccccc4O[Si](C)(C)C(C)(C)C)(S2)C(=O)N3C)cc1. The molecule has 2 bridgehead atoms. The number of carbonyl (C=O) groups excluding carboxylic acids is 2. The molecule has 3 heterocycles. The molecular weight excluding hydrogens is 525 g/mol. The van der Waals surface area contributed by atoms with Crippen LogP contribution in [0, 0.1) is 0 Å². The molecule has 3 saturated heterocycles. The van der Waals surface area contributed by atoms with E-state index >= 15 is 0 Å². The zero-order chi connectivity index (χ0) is 27.3. The Labute approximate surface area is 229 Å². The summed E-state index contributed by atoms with van der Waals surface area (Å²) in [7, 11) is 2.61. The van der Waals surface area contributed by atoms with E-state index in [1.54, 1.807) is 27.3 Å². The molecule has 4 atom stereocenters. The van der Waals surface area contributed by atoms with E-state index in [4.69, 9.17) is 9.16 Å². The lowest BCUT2D eigenvalue weighted by atomic mass is 9.96. The number of piperazine rings is 1. The smallest absolute Gasteiger partial charge is 0.263 e. The molecule has 3 aliphatic rings. The molecule has 0 radical (unpaired) electrons. The fourth-order valence-corrected chi connectivity index (χ4v) is 8.78. The zero-order valence-corrected chi connectivity index (χ0v) is 25.3. The summed E-state index contributed by atoms with van der Waals surface area (Å²) >= 11 is 2.72. The average Bonchev–Trinajstić information content (AvgIpc) is 3.05. The highest BCUT2D eigenvalue weighted by atomic mass is 32.2. The van der Waals surface area contributed by atoms with Crippen LogP contribution in [0.1, 0.15) is 42.6 Å². The molecule has 2 unspecified atom stereocenters. The monoisotopic (exact) mass is 560 g/mol. The second-order valence-electron chi connectivity index (χ2n) is 11.0. The Balaban J connectivity index is 1.82. The van der Waals surface area contributed by atoms with Crippen molar-refractivity contribution in [3.63, 3.8) is 0 Å². The first kappa shape index (κ1) is 27.9. The Morgan fingerprint density at radius 3 is 2.27 bits per heavy atom. The molecule has 3 aliphatic heterocycles. The first-order valence-corrected chi connectivity index (χ1v) is 17.0. The van der Waals surface area contributed by atoms with Crippen molar-refractivity contribution in [3.8, 4) is 11.5 Å². The van der Waals surface area contributed by atoms with Crippen LogP contribution in [0.15, 0.2) is 48.5 Å². The van der Waals surface area contributed by atoms with E-state index in [1.807, 2.05) is 42.5 Å². The Bertz CT molecular complexity index is 1190. The molecule has 0 aromatic heterocycles. The summed E-state index contributed by atoms with van der Waals surface area (Å²) in [5.41, 5.74) is 1.44. The summed E-state index contributed by atoms with van der Waals surface area (Å²) in [5.74, 6) is 0.760. The highest BCUT2D eigenvalue weighted by Gasteiger charge is 2.63. The lowest BCUT2D eigenvalue weighted by Crippen LogP contribution is -2.68. The predicted molar refractivity (Wildman–Crippen MR) is 152 cm³/mol. The Kier molecular flexibility index (Phi) is 7.44. The summed E-state index contributed by atoms with van der Waals surface area (Å²) < 4.78 is 11.7. The molecule has 0 spiro atoms. The maximum atomic E-state index is 14.0. The van der Waals surface area contributed by atoms with Gasteiger partial charge in [0.2, 0.25) is 8.32 Å². The number of thioether (sulfide) groups is 2. The van der Waals surface area contributed by atoms with Crippen LogP contribution in [-0.2, 0) is 9.59 Å². The number of benzene rings is 2. The quantitative estimate of drug-likeness (QED) is 0.484. The standard InChI is InChI=1S/C27H36N2O5S2Si/c1-26(2,3)37(7,8)34-20-12-10-9-11-19(20)21(30)27-25(32)28(4)23(22(31)29(27)5)35-24(36-27)17-13-15-18(33-6)16-14-17/h9-16,21,23-24,30H,1-8H3/t21?,23-,24?,27-/m0/s1. The van der Waals surface area contributed by atoms with Gasteiger partial charge in [0.15, 0.2) is 10.2 Å². The number of nitrogens with zero attached hydrogens (tertiary/aromatic N) is 2. The number of amides is 2. The van der Waals surface area contributed by atoms with E-state index in [0.717, 1.165) is 11.3 Å². The third-order valence-electron chi connectivity index (χ3n) is 7.70. The number of ether oxygens (including phenoxy) is 1. The number of methoxy groups -OCH3 is 1. The molecule has 1 N–H and O–H groups in total. The van der Waals surface area contributed by atoms with Crippen molar-refractivity contribution in [2.45, 2.75) is 59.8 Å². The second-order valence-corrected chi connectivity index (χ2v) is 18.6. The van der Waals surface area contributed by atoms with Gasteiger partial charge in [-0.3, -0.25) is 9.59 Å². The maximum Gasteiger partial charge on any atom is 0.263 e. The summed E-state index contributed by atoms with van der Waals surface area (Å²) in [5, 5.41) is 11.4. The predicted octanol–water partition coefficient (Wildman–Crippen LogP) is 5.24. The van der Waals surface area contributed by atoms with Gasteiger partial charge in [-0.25, -0.2) is 0 Å². The molecule has 2 amide bonds. The van der Waals surface area contributed by atoms with Crippen molar-refractivity contribution >= 4 is 43.7 Å². The number of hydrogen-bond donors (Lipinski definition) is 1. The first-order chi connectivity index (χ1) is 17.2. The van der Waals surface area contributed by atoms with Crippen LogP contribution in [-0.4, -0.2) is 66.5 Å². The van der Waals surface area contributed by atoms with Crippen LogP contribution in [0.5, 0.6) is 11.5 Å². The first-order valence-electron chi connectivity index (χ1n) is 12.2. The van der Waals surface area contributed by atoms with Gasteiger partial charge in [-0.15, -0.1) is 23.5 Å². The van der Waals surface area contributed by atoms with Gasteiger partial charge in [0, 0.05) is 19.7 Å². The number of aliphatic hydroxyl groups excluding tert-OH is 1. The van der Waals surface area contributed by atoms with Crippen molar-refractivity contribution < 1.29 is 23.9 Å². The molecule has 0 saturated carbocycles. The van der Waals surface area contributed by atoms with E-state index in [0.29, 0.717) is 11.3 Å². The van der Waals surface area contributed by atoms with Crippen LogP contribution < -0.4 is 9.16 Å². The Morgan fingerprint density at radius 2 is 1.68 bits per heavy atom. The normalized spacial score (nSPS) is 25.2. The molecule has 2 aromatic carbocycles. The number of para-hydroxylation sites is 1.